The van der Waals surface area contributed by atoms with Crippen LogP contribution in [0.5, 0.6) is 0 Å². The summed E-state index contributed by atoms with van der Waals surface area (Å²) in [6.45, 7) is 0. The molecule has 2 rings (SSSR count). The van der Waals surface area contributed by atoms with Gasteiger partial charge in [-0.05, 0) is 35.9 Å². The van der Waals surface area contributed by atoms with Gasteiger partial charge in [0, 0.05) is 5.56 Å². The number of nitrogens with two attached hydrogens (primary N) is 1. The third-order valence-corrected chi connectivity index (χ3v) is 2.90. The summed E-state index contributed by atoms with van der Waals surface area (Å²) in [6, 6.07) is 9.42. The number of hydrogen-bond donors (Lipinski definition) is 1. The lowest BCUT2D eigenvalue weighted by molar-refractivity contribution is 0.628. The van der Waals surface area contributed by atoms with Gasteiger partial charge in [0.1, 0.15) is 5.82 Å². The summed E-state index contributed by atoms with van der Waals surface area (Å²) in [6.07, 6.45) is 0. The monoisotopic (exact) mass is 255 g/mol. The first-order valence-electron chi connectivity index (χ1n) is 4.58. The molecule has 0 saturated heterocycles. The number of halogens is 3. The van der Waals surface area contributed by atoms with Crippen molar-refractivity contribution in [3.05, 3.63) is 52.3 Å². The van der Waals surface area contributed by atoms with Crippen LogP contribution in [-0.4, -0.2) is 0 Å². The van der Waals surface area contributed by atoms with Crippen LogP contribution in [0.1, 0.15) is 0 Å². The van der Waals surface area contributed by atoms with E-state index in [0.717, 1.165) is 11.1 Å². The van der Waals surface area contributed by atoms with E-state index in [1.165, 1.54) is 12.1 Å². The maximum absolute atomic E-state index is 12.9. The molecule has 0 radical (unpaired) electrons. The molecule has 0 aliphatic carbocycles. The van der Waals surface area contributed by atoms with E-state index in [4.69, 9.17) is 28.9 Å². The molecule has 0 spiro atoms. The SMILES string of the molecule is Nc1cc(-c2ccc(F)cc2Cl)ccc1Cl. The summed E-state index contributed by atoms with van der Waals surface area (Å²) in [5, 5.41) is 0.837. The highest BCUT2D eigenvalue weighted by atomic mass is 35.5. The average Bonchev–Trinajstić information content (AvgIpc) is 2.22. The fourth-order valence-corrected chi connectivity index (χ4v) is 1.83. The smallest absolute Gasteiger partial charge is 0.124 e. The van der Waals surface area contributed by atoms with Gasteiger partial charge in [0.25, 0.3) is 0 Å². The Kier molecular flexibility index (Phi) is 3.03. The Labute approximate surface area is 103 Å². The van der Waals surface area contributed by atoms with E-state index in [0.29, 0.717) is 15.7 Å². The lowest BCUT2D eigenvalue weighted by atomic mass is 10.1. The molecule has 0 atom stereocenters. The van der Waals surface area contributed by atoms with Crippen molar-refractivity contribution in [2.75, 3.05) is 5.73 Å². The molecule has 2 N–H and O–H groups in total. The Morgan fingerprint density at radius 3 is 2.31 bits per heavy atom. The van der Waals surface area contributed by atoms with Crippen molar-refractivity contribution < 1.29 is 4.39 Å². The second-order valence-corrected chi connectivity index (χ2v) is 4.17. The summed E-state index contributed by atoms with van der Waals surface area (Å²) >= 11 is 11.8. The zero-order valence-electron chi connectivity index (χ0n) is 8.18. The fraction of sp³-hybridized carbons (Fsp3) is 0. The number of rotatable bonds is 1. The molecule has 0 bridgehead atoms. The second-order valence-electron chi connectivity index (χ2n) is 3.36. The van der Waals surface area contributed by atoms with Crippen molar-refractivity contribution in [1.82, 2.24) is 0 Å². The second kappa shape index (κ2) is 4.32. The number of anilines is 1. The van der Waals surface area contributed by atoms with Gasteiger partial charge in [-0.3, -0.25) is 0 Å². The molecule has 2 aromatic rings. The summed E-state index contributed by atoms with van der Waals surface area (Å²) in [4.78, 5) is 0. The van der Waals surface area contributed by atoms with Gasteiger partial charge in [0.2, 0.25) is 0 Å². The van der Waals surface area contributed by atoms with Crippen LogP contribution in [0.4, 0.5) is 10.1 Å². The van der Waals surface area contributed by atoms with Crippen LogP contribution in [0.15, 0.2) is 36.4 Å². The molecule has 0 amide bonds. The molecule has 0 aromatic heterocycles. The van der Waals surface area contributed by atoms with Gasteiger partial charge in [-0.1, -0.05) is 29.3 Å². The minimum absolute atomic E-state index is 0.349. The van der Waals surface area contributed by atoms with E-state index < -0.39 is 0 Å². The first-order valence-corrected chi connectivity index (χ1v) is 5.34. The van der Waals surface area contributed by atoms with Gasteiger partial charge in [-0.25, -0.2) is 4.39 Å². The Morgan fingerprint density at radius 1 is 0.938 bits per heavy atom. The third kappa shape index (κ3) is 2.13. The molecule has 4 heteroatoms. The summed E-state index contributed by atoms with van der Waals surface area (Å²) in [7, 11) is 0. The minimum atomic E-state index is -0.365. The first kappa shape index (κ1) is 11.2. The Bertz CT molecular complexity index is 541. The molecule has 2 aromatic carbocycles. The van der Waals surface area contributed by atoms with Crippen molar-refractivity contribution >= 4 is 28.9 Å². The van der Waals surface area contributed by atoms with E-state index in [2.05, 4.69) is 0 Å². The molecule has 82 valence electrons. The van der Waals surface area contributed by atoms with Crippen molar-refractivity contribution in [2.45, 2.75) is 0 Å². The zero-order chi connectivity index (χ0) is 11.7. The summed E-state index contributed by atoms with van der Waals surface area (Å²) in [5.74, 6) is -0.365. The van der Waals surface area contributed by atoms with E-state index in [-0.39, 0.29) is 5.82 Å². The third-order valence-electron chi connectivity index (χ3n) is 2.24. The quantitative estimate of drug-likeness (QED) is 0.752. The summed E-state index contributed by atoms with van der Waals surface area (Å²) < 4.78 is 12.9. The van der Waals surface area contributed by atoms with E-state index >= 15 is 0 Å². The Morgan fingerprint density at radius 2 is 1.69 bits per heavy atom. The molecule has 0 heterocycles. The van der Waals surface area contributed by atoms with Crippen LogP contribution in [0.25, 0.3) is 11.1 Å². The molecule has 0 aliphatic heterocycles. The molecule has 1 nitrogen and oxygen atoms in total. The number of benzene rings is 2. The maximum atomic E-state index is 12.9. The van der Waals surface area contributed by atoms with Crippen molar-refractivity contribution in [2.24, 2.45) is 0 Å². The number of nitrogen functional groups attached to an aromatic ring is 1. The van der Waals surface area contributed by atoms with Crippen LogP contribution in [0.3, 0.4) is 0 Å². The average molecular weight is 256 g/mol. The van der Waals surface area contributed by atoms with Crippen molar-refractivity contribution in [1.29, 1.82) is 0 Å². The highest BCUT2D eigenvalue weighted by Gasteiger charge is 2.06. The van der Waals surface area contributed by atoms with Crippen LogP contribution in [0.2, 0.25) is 10.0 Å². The molecular formula is C12H8Cl2FN. The van der Waals surface area contributed by atoms with Crippen LogP contribution < -0.4 is 5.73 Å². The zero-order valence-corrected chi connectivity index (χ0v) is 9.69. The predicted octanol–water partition coefficient (Wildman–Crippen LogP) is 4.38. The van der Waals surface area contributed by atoms with Gasteiger partial charge >= 0.3 is 0 Å². The van der Waals surface area contributed by atoms with Gasteiger partial charge < -0.3 is 5.73 Å². The fourth-order valence-electron chi connectivity index (χ4n) is 1.43. The highest BCUT2D eigenvalue weighted by molar-refractivity contribution is 6.34. The van der Waals surface area contributed by atoms with E-state index in [1.807, 2.05) is 0 Å². The number of hydrogen-bond acceptors (Lipinski definition) is 1. The maximum Gasteiger partial charge on any atom is 0.124 e. The van der Waals surface area contributed by atoms with Crippen LogP contribution in [-0.2, 0) is 0 Å². The largest absolute Gasteiger partial charge is 0.398 e. The normalized spacial score (nSPS) is 10.4. The van der Waals surface area contributed by atoms with Crippen LogP contribution in [0, 0.1) is 5.82 Å². The molecule has 16 heavy (non-hydrogen) atoms. The van der Waals surface area contributed by atoms with Gasteiger partial charge in [0.15, 0.2) is 0 Å². The van der Waals surface area contributed by atoms with Gasteiger partial charge in [-0.15, -0.1) is 0 Å². The van der Waals surface area contributed by atoms with Crippen LogP contribution >= 0.6 is 23.2 Å². The van der Waals surface area contributed by atoms with Crippen molar-refractivity contribution in [3.63, 3.8) is 0 Å². The van der Waals surface area contributed by atoms with Crippen molar-refractivity contribution in [3.8, 4) is 11.1 Å². The molecule has 0 aliphatic rings. The first-order chi connectivity index (χ1) is 7.58. The Hall–Kier alpha value is -1.25. The van der Waals surface area contributed by atoms with E-state index in [9.17, 15) is 4.39 Å². The molecule has 0 unspecified atom stereocenters. The topological polar surface area (TPSA) is 26.0 Å². The summed E-state index contributed by atoms with van der Waals surface area (Å²) in [5.41, 5.74) is 7.70. The minimum Gasteiger partial charge on any atom is -0.398 e. The van der Waals surface area contributed by atoms with Gasteiger partial charge in [-0.2, -0.15) is 0 Å². The Balaban J connectivity index is 2.54. The molecule has 0 saturated carbocycles. The highest BCUT2D eigenvalue weighted by Crippen LogP contribution is 2.31. The standard InChI is InChI=1S/C12H8Cl2FN/c13-10-4-1-7(5-12(10)16)9-3-2-8(15)6-11(9)14/h1-6H,16H2. The lowest BCUT2D eigenvalue weighted by Crippen LogP contribution is -1.88. The molecular weight excluding hydrogens is 248 g/mol. The van der Waals surface area contributed by atoms with E-state index in [1.54, 1.807) is 24.3 Å². The lowest BCUT2D eigenvalue weighted by Gasteiger charge is -2.06. The molecule has 0 fully saturated rings. The van der Waals surface area contributed by atoms with Gasteiger partial charge in [0.05, 0.1) is 15.7 Å². The predicted molar refractivity (Wildman–Crippen MR) is 66.3 cm³/mol.